The van der Waals surface area contributed by atoms with E-state index in [1.807, 2.05) is 43.3 Å². The van der Waals surface area contributed by atoms with E-state index >= 15 is 0 Å². The topological polar surface area (TPSA) is 38.9 Å². The van der Waals surface area contributed by atoms with Crippen molar-refractivity contribution in [3.05, 3.63) is 53.2 Å². The first kappa shape index (κ1) is 12.4. The third kappa shape index (κ3) is 3.22. The molecule has 0 aliphatic rings. The third-order valence-corrected chi connectivity index (χ3v) is 3.79. The van der Waals surface area contributed by atoms with Crippen molar-refractivity contribution in [1.82, 2.24) is 4.98 Å². The Labute approximate surface area is 110 Å². The maximum absolute atomic E-state index is 6.22. The van der Waals surface area contributed by atoms with Crippen molar-refractivity contribution >= 4 is 23.4 Å². The van der Waals surface area contributed by atoms with Crippen molar-refractivity contribution in [2.45, 2.75) is 22.9 Å². The van der Waals surface area contributed by atoms with Gasteiger partial charge in [0.15, 0.2) is 0 Å². The van der Waals surface area contributed by atoms with E-state index in [1.165, 1.54) is 0 Å². The smallest absolute Gasteiger partial charge is 0.101 e. The molecule has 0 aliphatic carbocycles. The van der Waals surface area contributed by atoms with Crippen LogP contribution in [-0.2, 0) is 0 Å². The van der Waals surface area contributed by atoms with Gasteiger partial charge in [-0.15, -0.1) is 0 Å². The van der Waals surface area contributed by atoms with Gasteiger partial charge < -0.3 is 5.73 Å². The highest BCUT2D eigenvalue weighted by molar-refractivity contribution is 7.99. The van der Waals surface area contributed by atoms with Crippen molar-refractivity contribution < 1.29 is 0 Å². The number of hydrogen-bond acceptors (Lipinski definition) is 3. The van der Waals surface area contributed by atoms with Gasteiger partial charge in [-0.25, -0.2) is 4.98 Å². The van der Waals surface area contributed by atoms with Crippen LogP contribution in [0.4, 0.5) is 0 Å². The van der Waals surface area contributed by atoms with Gasteiger partial charge in [0.25, 0.3) is 0 Å². The number of halogens is 1. The maximum atomic E-state index is 6.22. The number of aromatic nitrogens is 1. The Morgan fingerprint density at radius 3 is 2.71 bits per heavy atom. The second kappa shape index (κ2) is 5.54. The van der Waals surface area contributed by atoms with Gasteiger partial charge in [-0.2, -0.15) is 0 Å². The summed E-state index contributed by atoms with van der Waals surface area (Å²) in [5, 5.41) is 1.65. The number of rotatable bonds is 3. The Balaban J connectivity index is 2.23. The highest BCUT2D eigenvalue weighted by atomic mass is 35.5. The van der Waals surface area contributed by atoms with Crippen molar-refractivity contribution in [1.29, 1.82) is 0 Å². The fourth-order valence-electron chi connectivity index (χ4n) is 1.40. The summed E-state index contributed by atoms with van der Waals surface area (Å²) in [5.74, 6) is 0. The van der Waals surface area contributed by atoms with Gasteiger partial charge in [-0.3, -0.25) is 0 Å². The second-order valence-corrected chi connectivity index (χ2v) is 5.22. The van der Waals surface area contributed by atoms with Gasteiger partial charge in [0.1, 0.15) is 5.03 Å². The molecule has 0 unspecified atom stereocenters. The largest absolute Gasteiger partial charge is 0.324 e. The molecule has 0 saturated carbocycles. The highest BCUT2D eigenvalue weighted by Gasteiger charge is 2.06. The van der Waals surface area contributed by atoms with Crippen molar-refractivity contribution in [2.24, 2.45) is 5.73 Å². The number of hydrogen-bond donors (Lipinski definition) is 1. The number of benzene rings is 1. The summed E-state index contributed by atoms with van der Waals surface area (Å²) in [6, 6.07) is 11.7. The second-order valence-electron chi connectivity index (χ2n) is 3.75. The van der Waals surface area contributed by atoms with Crippen LogP contribution < -0.4 is 5.73 Å². The molecule has 0 bridgehead atoms. The number of pyridine rings is 1. The van der Waals surface area contributed by atoms with Gasteiger partial charge in [0, 0.05) is 17.1 Å². The molecule has 2 nitrogen and oxygen atoms in total. The maximum Gasteiger partial charge on any atom is 0.101 e. The van der Waals surface area contributed by atoms with Crippen molar-refractivity contribution in [3.8, 4) is 0 Å². The first-order valence-corrected chi connectivity index (χ1v) is 6.50. The van der Waals surface area contributed by atoms with E-state index < -0.39 is 0 Å². The lowest BCUT2D eigenvalue weighted by atomic mass is 10.1. The molecule has 0 radical (unpaired) electrons. The predicted octanol–water partition coefficient (Wildman–Crippen LogP) is 3.91. The summed E-state index contributed by atoms with van der Waals surface area (Å²) in [7, 11) is 0. The van der Waals surface area contributed by atoms with Gasteiger partial charge >= 0.3 is 0 Å². The summed E-state index contributed by atoms with van der Waals surface area (Å²) in [6.07, 6.45) is 1.77. The fraction of sp³-hybridized carbons (Fsp3) is 0.154. The Hall–Kier alpha value is -1.03. The molecule has 1 heterocycles. The molecule has 2 aromatic rings. The van der Waals surface area contributed by atoms with E-state index in [0.717, 1.165) is 20.5 Å². The van der Waals surface area contributed by atoms with E-state index in [-0.39, 0.29) is 6.04 Å². The summed E-state index contributed by atoms with van der Waals surface area (Å²) < 4.78 is 0. The van der Waals surface area contributed by atoms with Crippen LogP contribution in [0.2, 0.25) is 5.02 Å². The SMILES string of the molecule is C[C@@H](N)c1ccc(Sc2ccccn2)c(Cl)c1. The van der Waals surface area contributed by atoms with Gasteiger partial charge in [0.2, 0.25) is 0 Å². The van der Waals surface area contributed by atoms with Crippen LogP contribution in [0.5, 0.6) is 0 Å². The molecule has 0 fully saturated rings. The predicted molar refractivity (Wildman–Crippen MR) is 72.4 cm³/mol. The van der Waals surface area contributed by atoms with E-state index in [0.29, 0.717) is 0 Å². The minimum Gasteiger partial charge on any atom is -0.324 e. The normalized spacial score (nSPS) is 12.4. The minimum atomic E-state index is 0.00130. The molecule has 2 N–H and O–H groups in total. The Morgan fingerprint density at radius 2 is 2.12 bits per heavy atom. The zero-order valence-electron chi connectivity index (χ0n) is 9.43. The monoisotopic (exact) mass is 264 g/mol. The molecule has 1 aromatic heterocycles. The molecular formula is C13H13ClN2S. The molecule has 0 saturated heterocycles. The molecular weight excluding hydrogens is 252 g/mol. The van der Waals surface area contributed by atoms with Crippen molar-refractivity contribution in [2.75, 3.05) is 0 Å². The van der Waals surface area contributed by atoms with E-state index in [4.69, 9.17) is 17.3 Å². The zero-order chi connectivity index (χ0) is 12.3. The van der Waals surface area contributed by atoms with E-state index in [2.05, 4.69) is 4.98 Å². The van der Waals surface area contributed by atoms with Crippen LogP contribution in [0.3, 0.4) is 0 Å². The molecule has 4 heteroatoms. The first-order valence-electron chi connectivity index (χ1n) is 5.31. The standard InChI is InChI=1S/C13H13ClN2S/c1-9(15)10-5-6-12(11(14)8-10)17-13-4-2-3-7-16-13/h2-9H,15H2,1H3/t9-/m1/s1. The van der Waals surface area contributed by atoms with Gasteiger partial charge in [0.05, 0.1) is 5.02 Å². The van der Waals surface area contributed by atoms with Crippen LogP contribution in [-0.4, -0.2) is 4.98 Å². The molecule has 0 spiro atoms. The van der Waals surface area contributed by atoms with E-state index in [1.54, 1.807) is 18.0 Å². The van der Waals surface area contributed by atoms with Crippen molar-refractivity contribution in [3.63, 3.8) is 0 Å². The third-order valence-electron chi connectivity index (χ3n) is 2.33. The number of nitrogens with two attached hydrogens (primary N) is 1. The molecule has 0 aliphatic heterocycles. The fourth-order valence-corrected chi connectivity index (χ4v) is 2.49. The van der Waals surface area contributed by atoms with Crippen LogP contribution in [0.25, 0.3) is 0 Å². The minimum absolute atomic E-state index is 0.00130. The molecule has 0 amide bonds. The summed E-state index contributed by atoms with van der Waals surface area (Å²) in [5.41, 5.74) is 6.85. The summed E-state index contributed by atoms with van der Waals surface area (Å²) >= 11 is 7.77. The lowest BCUT2D eigenvalue weighted by Gasteiger charge is -2.08. The van der Waals surface area contributed by atoms with Crippen LogP contribution >= 0.6 is 23.4 Å². The summed E-state index contributed by atoms with van der Waals surface area (Å²) in [4.78, 5) is 5.25. The summed E-state index contributed by atoms with van der Waals surface area (Å²) in [6.45, 7) is 1.94. The average Bonchev–Trinajstić information content (AvgIpc) is 2.33. The zero-order valence-corrected chi connectivity index (χ0v) is 11.0. The van der Waals surface area contributed by atoms with Gasteiger partial charge in [-0.1, -0.05) is 35.5 Å². The van der Waals surface area contributed by atoms with Crippen LogP contribution in [0.1, 0.15) is 18.5 Å². The first-order chi connectivity index (χ1) is 8.16. The molecule has 1 atom stereocenters. The molecule has 17 heavy (non-hydrogen) atoms. The Bertz CT molecular complexity index is 500. The lowest BCUT2D eigenvalue weighted by Crippen LogP contribution is -2.04. The lowest BCUT2D eigenvalue weighted by molar-refractivity contribution is 0.817. The molecule has 88 valence electrons. The quantitative estimate of drug-likeness (QED) is 0.914. The van der Waals surface area contributed by atoms with Crippen LogP contribution in [0.15, 0.2) is 52.5 Å². The molecule has 2 rings (SSSR count). The van der Waals surface area contributed by atoms with Crippen LogP contribution in [0, 0.1) is 0 Å². The Morgan fingerprint density at radius 1 is 1.29 bits per heavy atom. The highest BCUT2D eigenvalue weighted by Crippen LogP contribution is 2.33. The van der Waals surface area contributed by atoms with Gasteiger partial charge in [-0.05, 0) is 36.8 Å². The van der Waals surface area contributed by atoms with E-state index in [9.17, 15) is 0 Å². The number of nitrogens with zero attached hydrogens (tertiary/aromatic N) is 1. The average molecular weight is 265 g/mol. The Kier molecular flexibility index (Phi) is 4.05. The molecule has 1 aromatic carbocycles.